The smallest absolute Gasteiger partial charge is 0.250 e. The van der Waals surface area contributed by atoms with Crippen molar-refractivity contribution in [1.29, 1.82) is 0 Å². The number of carbonyl (C=O) groups is 1. The SMILES string of the molecule is O=C(CSc1nnc(-c2ccncc2)n1-c1ccc(Cl)cc1)NN=Cc1ccc(Cl)cc1Cl. The highest BCUT2D eigenvalue weighted by Gasteiger charge is 2.17. The molecule has 0 saturated carbocycles. The number of hydrogen-bond acceptors (Lipinski definition) is 6. The van der Waals surface area contributed by atoms with E-state index in [1.165, 1.54) is 18.0 Å². The molecule has 0 bridgehead atoms. The maximum Gasteiger partial charge on any atom is 0.250 e. The molecule has 0 aliphatic carbocycles. The number of nitrogens with one attached hydrogen (secondary N) is 1. The highest BCUT2D eigenvalue weighted by molar-refractivity contribution is 7.99. The van der Waals surface area contributed by atoms with E-state index >= 15 is 0 Å². The van der Waals surface area contributed by atoms with E-state index in [1.54, 1.807) is 42.7 Å². The third-order valence-corrected chi connectivity index (χ3v) is 6.09. The lowest BCUT2D eigenvalue weighted by Crippen LogP contribution is -2.20. The molecule has 4 rings (SSSR count). The molecule has 2 aromatic carbocycles. The van der Waals surface area contributed by atoms with Crippen molar-refractivity contribution < 1.29 is 4.79 Å². The van der Waals surface area contributed by atoms with E-state index in [9.17, 15) is 4.79 Å². The molecule has 11 heteroatoms. The average Bonchev–Trinajstić information content (AvgIpc) is 3.24. The highest BCUT2D eigenvalue weighted by Crippen LogP contribution is 2.28. The van der Waals surface area contributed by atoms with Gasteiger partial charge in [0.05, 0.1) is 17.0 Å². The summed E-state index contributed by atoms with van der Waals surface area (Å²) in [5.41, 5.74) is 4.78. The molecule has 33 heavy (non-hydrogen) atoms. The summed E-state index contributed by atoms with van der Waals surface area (Å²) in [6.07, 6.45) is 4.82. The van der Waals surface area contributed by atoms with Crippen LogP contribution in [0.5, 0.6) is 0 Å². The third kappa shape index (κ3) is 5.91. The molecule has 0 fully saturated rings. The molecule has 0 radical (unpaired) electrons. The molecule has 0 aliphatic heterocycles. The normalized spacial score (nSPS) is 11.1. The molecule has 0 spiro atoms. The number of pyridine rings is 1. The van der Waals surface area contributed by atoms with Crippen LogP contribution in [0.2, 0.25) is 15.1 Å². The fourth-order valence-corrected chi connectivity index (χ4v) is 4.14. The number of nitrogens with zero attached hydrogens (tertiary/aromatic N) is 5. The van der Waals surface area contributed by atoms with Crippen LogP contribution in [0.4, 0.5) is 0 Å². The van der Waals surface area contributed by atoms with Gasteiger partial charge in [-0.25, -0.2) is 5.43 Å². The number of halogens is 3. The van der Waals surface area contributed by atoms with Crippen molar-refractivity contribution in [3.05, 3.63) is 87.6 Å². The number of aromatic nitrogens is 4. The predicted octanol–water partition coefficient (Wildman–Crippen LogP) is 5.53. The summed E-state index contributed by atoms with van der Waals surface area (Å²) in [5.74, 6) is 0.392. The lowest BCUT2D eigenvalue weighted by Gasteiger charge is -2.10. The van der Waals surface area contributed by atoms with Crippen molar-refractivity contribution in [2.24, 2.45) is 5.10 Å². The van der Waals surface area contributed by atoms with Crippen molar-refractivity contribution in [3.63, 3.8) is 0 Å². The van der Waals surface area contributed by atoms with Gasteiger partial charge in [-0.15, -0.1) is 10.2 Å². The molecule has 1 N–H and O–H groups in total. The van der Waals surface area contributed by atoms with Gasteiger partial charge in [-0.3, -0.25) is 14.3 Å². The summed E-state index contributed by atoms with van der Waals surface area (Å²) >= 11 is 19.3. The zero-order valence-electron chi connectivity index (χ0n) is 16.8. The van der Waals surface area contributed by atoms with E-state index in [0.29, 0.717) is 31.6 Å². The summed E-state index contributed by atoms with van der Waals surface area (Å²) < 4.78 is 1.86. The van der Waals surface area contributed by atoms with Crippen molar-refractivity contribution >= 4 is 58.7 Å². The number of thioether (sulfide) groups is 1. The van der Waals surface area contributed by atoms with E-state index < -0.39 is 0 Å². The van der Waals surface area contributed by atoms with Gasteiger partial charge in [0.15, 0.2) is 11.0 Å². The Labute approximate surface area is 208 Å². The monoisotopic (exact) mass is 516 g/mol. The van der Waals surface area contributed by atoms with E-state index in [4.69, 9.17) is 34.8 Å². The summed E-state index contributed by atoms with van der Waals surface area (Å²) in [7, 11) is 0. The predicted molar refractivity (Wildman–Crippen MR) is 133 cm³/mol. The molecule has 166 valence electrons. The van der Waals surface area contributed by atoms with Crippen molar-refractivity contribution in [2.45, 2.75) is 5.16 Å². The van der Waals surface area contributed by atoms with Gasteiger partial charge >= 0.3 is 0 Å². The van der Waals surface area contributed by atoms with Crippen LogP contribution in [0.1, 0.15) is 5.56 Å². The van der Waals surface area contributed by atoms with Crippen LogP contribution >= 0.6 is 46.6 Å². The lowest BCUT2D eigenvalue weighted by atomic mass is 10.2. The minimum absolute atomic E-state index is 0.0771. The van der Waals surface area contributed by atoms with Gasteiger partial charge in [0.1, 0.15) is 0 Å². The van der Waals surface area contributed by atoms with Gasteiger partial charge in [-0.1, -0.05) is 52.6 Å². The molecule has 1 amide bonds. The van der Waals surface area contributed by atoms with Gasteiger partial charge in [0, 0.05) is 39.3 Å². The van der Waals surface area contributed by atoms with Gasteiger partial charge in [-0.2, -0.15) is 5.10 Å². The molecule has 2 aromatic heterocycles. The van der Waals surface area contributed by atoms with Gasteiger partial charge in [0.2, 0.25) is 0 Å². The quantitative estimate of drug-likeness (QED) is 0.198. The zero-order chi connectivity index (χ0) is 23.2. The first-order valence-electron chi connectivity index (χ1n) is 9.53. The maximum atomic E-state index is 12.3. The molecular weight excluding hydrogens is 503 g/mol. The number of amides is 1. The van der Waals surface area contributed by atoms with Crippen LogP contribution in [0, 0.1) is 0 Å². The highest BCUT2D eigenvalue weighted by atomic mass is 35.5. The first-order valence-corrected chi connectivity index (χ1v) is 11.6. The van der Waals surface area contributed by atoms with Crippen LogP contribution in [0.25, 0.3) is 17.1 Å². The Bertz CT molecular complexity index is 1300. The zero-order valence-corrected chi connectivity index (χ0v) is 19.9. The molecule has 7 nitrogen and oxygen atoms in total. The fraction of sp³-hybridized carbons (Fsp3) is 0.0455. The van der Waals surface area contributed by atoms with Crippen LogP contribution in [0.15, 0.2) is 77.2 Å². The first kappa shape index (κ1) is 23.3. The van der Waals surface area contributed by atoms with E-state index in [1.807, 2.05) is 28.8 Å². The van der Waals surface area contributed by atoms with E-state index in [0.717, 1.165) is 11.3 Å². The topological polar surface area (TPSA) is 85.1 Å². The molecule has 0 atom stereocenters. The lowest BCUT2D eigenvalue weighted by molar-refractivity contribution is -0.118. The number of hydrazone groups is 1. The van der Waals surface area contributed by atoms with Gasteiger partial charge in [-0.05, 0) is 48.5 Å². The summed E-state index contributed by atoms with van der Waals surface area (Å²) in [6.45, 7) is 0. The Morgan fingerprint density at radius 1 is 1.00 bits per heavy atom. The van der Waals surface area contributed by atoms with Crippen molar-refractivity contribution in [1.82, 2.24) is 25.2 Å². The second-order valence-electron chi connectivity index (χ2n) is 6.60. The van der Waals surface area contributed by atoms with Crippen LogP contribution < -0.4 is 5.43 Å². The fourth-order valence-electron chi connectivity index (χ4n) is 2.82. The first-order chi connectivity index (χ1) is 16.0. The summed E-state index contributed by atoms with van der Waals surface area (Å²) in [6, 6.07) is 16.0. The minimum Gasteiger partial charge on any atom is -0.272 e. The molecule has 0 saturated heterocycles. The standard InChI is InChI=1S/C22H15Cl3N6OS/c23-16-3-5-18(6-4-16)31-21(14-7-9-26-10-8-14)29-30-22(31)33-13-20(32)28-27-12-15-1-2-17(24)11-19(15)25/h1-12H,13H2,(H,28,32). The van der Waals surface area contributed by atoms with Gasteiger partial charge < -0.3 is 0 Å². The Balaban J connectivity index is 1.49. The van der Waals surface area contributed by atoms with Crippen molar-refractivity contribution in [3.8, 4) is 17.1 Å². The van der Waals surface area contributed by atoms with Crippen LogP contribution in [-0.4, -0.2) is 37.6 Å². The van der Waals surface area contributed by atoms with Crippen LogP contribution in [-0.2, 0) is 4.79 Å². The van der Waals surface area contributed by atoms with E-state index in [2.05, 4.69) is 25.7 Å². The minimum atomic E-state index is -0.308. The number of rotatable bonds is 7. The van der Waals surface area contributed by atoms with E-state index in [-0.39, 0.29) is 11.7 Å². The van der Waals surface area contributed by atoms with Gasteiger partial charge in [0.25, 0.3) is 5.91 Å². The van der Waals surface area contributed by atoms with Crippen molar-refractivity contribution in [2.75, 3.05) is 5.75 Å². The Morgan fingerprint density at radius 2 is 1.73 bits per heavy atom. The molecule has 0 unspecified atom stereocenters. The summed E-state index contributed by atoms with van der Waals surface area (Å²) in [4.78, 5) is 16.4. The largest absolute Gasteiger partial charge is 0.272 e. The third-order valence-electron chi connectivity index (χ3n) is 4.34. The molecule has 4 aromatic rings. The molecule has 0 aliphatic rings. The van der Waals surface area contributed by atoms with Crippen LogP contribution in [0.3, 0.4) is 0 Å². The number of carbonyl (C=O) groups excluding carboxylic acids is 1. The second kappa shape index (κ2) is 10.8. The molecular formula is C22H15Cl3N6OS. The summed E-state index contributed by atoms with van der Waals surface area (Å²) in [5, 5.41) is 14.7. The molecule has 2 heterocycles. The Morgan fingerprint density at radius 3 is 2.45 bits per heavy atom. The average molecular weight is 518 g/mol. The number of benzene rings is 2. The Kier molecular flexibility index (Phi) is 7.61. The maximum absolute atomic E-state index is 12.3. The second-order valence-corrected chi connectivity index (χ2v) is 8.82. The number of hydrogen-bond donors (Lipinski definition) is 1. The Hall–Kier alpha value is -2.91.